The van der Waals surface area contributed by atoms with Gasteiger partial charge in [0.05, 0.1) is 11.1 Å². The highest BCUT2D eigenvalue weighted by molar-refractivity contribution is 5.89. The molecule has 0 spiro atoms. The van der Waals surface area contributed by atoms with Crippen molar-refractivity contribution in [2.45, 2.75) is 5.41 Å². The fourth-order valence-electron chi connectivity index (χ4n) is 7.16. The van der Waals surface area contributed by atoms with E-state index >= 15 is 0 Å². The van der Waals surface area contributed by atoms with E-state index in [4.69, 9.17) is 9.47 Å². The molecule has 3 nitrogen and oxygen atoms in total. The Hall–Kier alpha value is -5.93. The molecule has 0 radical (unpaired) electrons. The molecule has 0 fully saturated rings. The zero-order valence-electron chi connectivity index (χ0n) is 24.4. The first-order valence-electron chi connectivity index (χ1n) is 15.2. The molecule has 6 aromatic carbocycles. The third kappa shape index (κ3) is 3.87. The second-order valence-electron chi connectivity index (χ2n) is 11.5. The summed E-state index contributed by atoms with van der Waals surface area (Å²) in [5.74, 6) is 2.82. The van der Waals surface area contributed by atoms with Gasteiger partial charge in [-0.15, -0.1) is 0 Å². The minimum Gasteiger partial charge on any atom is -0.450 e. The fourth-order valence-corrected chi connectivity index (χ4v) is 7.16. The first-order chi connectivity index (χ1) is 22.3. The van der Waals surface area contributed by atoms with Gasteiger partial charge < -0.3 is 9.47 Å². The van der Waals surface area contributed by atoms with Crippen LogP contribution >= 0.6 is 0 Å². The number of ether oxygens (including phenoxy) is 2. The number of rotatable bonds is 4. The topological polar surface area (TPSA) is 31.4 Å². The molecule has 3 heteroatoms. The highest BCUT2D eigenvalue weighted by Crippen LogP contribution is 2.59. The van der Waals surface area contributed by atoms with E-state index in [9.17, 15) is 0 Å². The number of nitrogens with zero attached hydrogens (tertiary/aromatic N) is 1. The van der Waals surface area contributed by atoms with E-state index in [0.717, 1.165) is 27.9 Å². The van der Waals surface area contributed by atoms with Crippen LogP contribution in [0.5, 0.6) is 23.0 Å². The third-order valence-electron chi connectivity index (χ3n) is 9.09. The van der Waals surface area contributed by atoms with Gasteiger partial charge in [-0.05, 0) is 80.9 Å². The van der Waals surface area contributed by atoms with Crippen molar-refractivity contribution in [3.63, 3.8) is 0 Å². The predicted molar refractivity (Wildman–Crippen MR) is 179 cm³/mol. The molecule has 1 aliphatic heterocycles. The molecule has 7 aromatic rings. The molecule has 9 rings (SSSR count). The quantitative estimate of drug-likeness (QED) is 0.208. The van der Waals surface area contributed by atoms with Crippen LogP contribution in [0.2, 0.25) is 0 Å². The van der Waals surface area contributed by atoms with E-state index in [1.807, 2.05) is 36.5 Å². The van der Waals surface area contributed by atoms with Gasteiger partial charge in [0.25, 0.3) is 0 Å². The molecule has 0 amide bonds. The molecule has 0 saturated carbocycles. The van der Waals surface area contributed by atoms with E-state index < -0.39 is 5.41 Å². The minimum atomic E-state index is -0.494. The van der Waals surface area contributed by atoms with Crippen molar-refractivity contribution in [1.82, 2.24) is 4.98 Å². The maximum Gasteiger partial charge on any atom is 0.170 e. The van der Waals surface area contributed by atoms with Gasteiger partial charge in [0, 0.05) is 11.8 Å². The molecular formula is C42H27NO2. The fraction of sp³-hybridized carbons (Fsp3) is 0.0238. The van der Waals surface area contributed by atoms with E-state index in [-0.39, 0.29) is 0 Å². The van der Waals surface area contributed by atoms with Gasteiger partial charge in [-0.3, -0.25) is 4.98 Å². The first kappa shape index (κ1) is 25.6. The van der Waals surface area contributed by atoms with Gasteiger partial charge in [-0.25, -0.2) is 0 Å². The van der Waals surface area contributed by atoms with Crippen molar-refractivity contribution in [3.05, 3.63) is 186 Å². The number of aromatic nitrogens is 1. The van der Waals surface area contributed by atoms with Gasteiger partial charge in [0.2, 0.25) is 0 Å². The summed E-state index contributed by atoms with van der Waals surface area (Å²) in [6.07, 6.45) is 1.83. The monoisotopic (exact) mass is 577 g/mol. The Morgan fingerprint density at radius 3 is 1.73 bits per heavy atom. The van der Waals surface area contributed by atoms with Crippen LogP contribution in [-0.4, -0.2) is 4.98 Å². The van der Waals surface area contributed by atoms with Crippen LogP contribution in [0, 0.1) is 0 Å². The molecule has 0 N–H and O–H groups in total. The SMILES string of the molecule is c1ccc(C2(c3ccccc3)c3ccccc3-c3cc4c(cc32)Oc2ccc(-c3ccccc3-c3ccccn3)cc2O4)cc1. The molecule has 45 heavy (non-hydrogen) atoms. The van der Waals surface area contributed by atoms with Crippen LogP contribution in [0.3, 0.4) is 0 Å². The largest absolute Gasteiger partial charge is 0.450 e. The summed E-state index contributed by atoms with van der Waals surface area (Å²) in [6, 6.07) is 55.2. The summed E-state index contributed by atoms with van der Waals surface area (Å²) < 4.78 is 13.3. The van der Waals surface area contributed by atoms with Crippen LogP contribution in [0.25, 0.3) is 33.5 Å². The lowest BCUT2D eigenvalue weighted by atomic mass is 9.67. The second kappa shape index (κ2) is 10.1. The number of benzene rings is 6. The molecule has 0 bridgehead atoms. The van der Waals surface area contributed by atoms with Gasteiger partial charge in [0.1, 0.15) is 0 Å². The minimum absolute atomic E-state index is 0.494. The van der Waals surface area contributed by atoms with E-state index in [1.165, 1.54) is 27.8 Å². The van der Waals surface area contributed by atoms with Crippen LogP contribution in [-0.2, 0) is 5.41 Å². The number of fused-ring (bicyclic) bond motifs is 5. The summed E-state index contributed by atoms with van der Waals surface area (Å²) in [5, 5.41) is 0. The summed E-state index contributed by atoms with van der Waals surface area (Å²) >= 11 is 0. The van der Waals surface area contributed by atoms with Crippen molar-refractivity contribution in [3.8, 4) is 56.5 Å². The van der Waals surface area contributed by atoms with Crippen molar-refractivity contribution < 1.29 is 9.47 Å². The zero-order valence-corrected chi connectivity index (χ0v) is 24.4. The molecule has 0 saturated heterocycles. The molecule has 212 valence electrons. The Morgan fingerprint density at radius 2 is 1.00 bits per heavy atom. The molecule has 0 atom stereocenters. The Morgan fingerprint density at radius 1 is 0.400 bits per heavy atom. The maximum absolute atomic E-state index is 6.66. The molecule has 1 aliphatic carbocycles. The summed E-state index contributed by atoms with van der Waals surface area (Å²) in [5.41, 5.74) is 10.9. The number of hydrogen-bond acceptors (Lipinski definition) is 3. The van der Waals surface area contributed by atoms with Gasteiger partial charge in [-0.1, -0.05) is 121 Å². The van der Waals surface area contributed by atoms with E-state index in [0.29, 0.717) is 23.0 Å². The van der Waals surface area contributed by atoms with Gasteiger partial charge >= 0.3 is 0 Å². The van der Waals surface area contributed by atoms with Gasteiger partial charge in [-0.2, -0.15) is 0 Å². The zero-order chi connectivity index (χ0) is 29.8. The van der Waals surface area contributed by atoms with Crippen LogP contribution < -0.4 is 9.47 Å². The van der Waals surface area contributed by atoms with E-state index in [1.54, 1.807) is 0 Å². The number of pyridine rings is 1. The molecule has 0 unspecified atom stereocenters. The second-order valence-corrected chi connectivity index (χ2v) is 11.5. The normalized spacial score (nSPS) is 13.4. The van der Waals surface area contributed by atoms with Crippen molar-refractivity contribution >= 4 is 0 Å². The first-order valence-corrected chi connectivity index (χ1v) is 15.2. The van der Waals surface area contributed by atoms with Crippen molar-refractivity contribution in [2.75, 3.05) is 0 Å². The van der Waals surface area contributed by atoms with Crippen molar-refractivity contribution in [1.29, 1.82) is 0 Å². The third-order valence-corrected chi connectivity index (χ3v) is 9.09. The lowest BCUT2D eigenvalue weighted by Gasteiger charge is -2.34. The van der Waals surface area contributed by atoms with Crippen molar-refractivity contribution in [2.24, 2.45) is 0 Å². The molecule has 2 aliphatic rings. The summed E-state index contributed by atoms with van der Waals surface area (Å²) in [6.45, 7) is 0. The Balaban J connectivity index is 1.20. The Bertz CT molecular complexity index is 2170. The lowest BCUT2D eigenvalue weighted by molar-refractivity contribution is 0.359. The Kier molecular flexibility index (Phi) is 5.72. The van der Waals surface area contributed by atoms with Crippen LogP contribution in [0.15, 0.2) is 164 Å². The molecule has 2 heterocycles. The number of hydrogen-bond donors (Lipinski definition) is 0. The van der Waals surface area contributed by atoms with Gasteiger partial charge in [0.15, 0.2) is 23.0 Å². The molecular weight excluding hydrogens is 550 g/mol. The maximum atomic E-state index is 6.66. The highest BCUT2D eigenvalue weighted by Gasteiger charge is 2.47. The summed E-state index contributed by atoms with van der Waals surface area (Å²) in [7, 11) is 0. The predicted octanol–water partition coefficient (Wildman–Crippen LogP) is 10.7. The lowest BCUT2D eigenvalue weighted by Crippen LogP contribution is -2.28. The standard InChI is InChI=1S/C42H27NO2/c1-3-13-29(14-4-1)42(30-15-5-2-6-16-30)35-20-10-9-18-32(35)34-26-40-41(27-36(34)42)44-38-23-22-28(25-39(38)45-40)31-17-7-8-19-33(31)37-21-11-12-24-43-37/h1-27H. The smallest absolute Gasteiger partial charge is 0.170 e. The van der Waals surface area contributed by atoms with Crippen LogP contribution in [0.4, 0.5) is 0 Å². The van der Waals surface area contributed by atoms with Crippen LogP contribution in [0.1, 0.15) is 22.3 Å². The average Bonchev–Trinajstić information content (AvgIpc) is 3.40. The highest BCUT2D eigenvalue weighted by atomic mass is 16.6. The average molecular weight is 578 g/mol. The Labute approximate surface area is 262 Å². The van der Waals surface area contributed by atoms with E-state index in [2.05, 4.69) is 132 Å². The summed E-state index contributed by atoms with van der Waals surface area (Å²) in [4.78, 5) is 4.60. The molecule has 1 aromatic heterocycles.